The summed E-state index contributed by atoms with van der Waals surface area (Å²) >= 11 is 0. The smallest absolute Gasteiger partial charge is 0.397 e. The molecule has 1 heterocycles. The van der Waals surface area contributed by atoms with Crippen LogP contribution < -0.4 is 0 Å². The molecule has 0 saturated heterocycles. The highest BCUT2D eigenvalue weighted by Crippen LogP contribution is 2.22. The van der Waals surface area contributed by atoms with E-state index in [1.54, 1.807) is 13.1 Å². The zero-order valence-electron chi connectivity index (χ0n) is 13.3. The second-order valence-corrected chi connectivity index (χ2v) is 5.06. The topological polar surface area (TPSA) is 59.5 Å². The summed E-state index contributed by atoms with van der Waals surface area (Å²) in [7, 11) is 0. The van der Waals surface area contributed by atoms with Gasteiger partial charge in [0.15, 0.2) is 0 Å². The van der Waals surface area contributed by atoms with Crippen molar-refractivity contribution < 1.29 is 14.3 Å². The first-order chi connectivity index (χ1) is 11.1. The largest absolute Gasteiger partial charge is 0.459 e. The summed E-state index contributed by atoms with van der Waals surface area (Å²) < 4.78 is 4.86. The van der Waals surface area contributed by atoms with Crippen LogP contribution in [0.5, 0.6) is 0 Å². The van der Waals surface area contributed by atoms with Crippen molar-refractivity contribution in [3.05, 3.63) is 66.0 Å². The zero-order chi connectivity index (χ0) is 16.7. The van der Waals surface area contributed by atoms with E-state index in [-0.39, 0.29) is 19.2 Å². The third-order valence-corrected chi connectivity index (χ3v) is 3.52. The maximum absolute atomic E-state index is 12.5. The van der Waals surface area contributed by atoms with Gasteiger partial charge < -0.3 is 9.64 Å². The van der Waals surface area contributed by atoms with Crippen LogP contribution in [-0.4, -0.2) is 28.4 Å². The van der Waals surface area contributed by atoms with Gasteiger partial charge in [-0.1, -0.05) is 36.4 Å². The lowest BCUT2D eigenvalue weighted by Gasteiger charge is -2.28. The highest BCUT2D eigenvalue weighted by atomic mass is 16.5. The molecule has 0 aliphatic rings. The molecule has 0 aliphatic carbocycles. The minimum atomic E-state index is -0.841. The van der Waals surface area contributed by atoms with E-state index in [0.29, 0.717) is 5.69 Å². The van der Waals surface area contributed by atoms with Gasteiger partial charge in [0.2, 0.25) is 0 Å². The standard InChI is InChI=1S/C18H20N2O3/c1-3-23-18(22)17(21)20(13-16-11-7-8-12-19-16)14(2)15-9-5-4-6-10-15/h4-12,14H,3,13H2,1-2H3. The van der Waals surface area contributed by atoms with Crippen molar-refractivity contribution in [2.24, 2.45) is 0 Å². The number of nitrogens with zero attached hydrogens (tertiary/aromatic N) is 2. The fourth-order valence-corrected chi connectivity index (χ4v) is 2.27. The van der Waals surface area contributed by atoms with Crippen molar-refractivity contribution in [2.45, 2.75) is 26.4 Å². The van der Waals surface area contributed by atoms with Gasteiger partial charge in [-0.2, -0.15) is 0 Å². The first kappa shape index (κ1) is 16.7. The van der Waals surface area contributed by atoms with E-state index in [2.05, 4.69) is 4.98 Å². The summed E-state index contributed by atoms with van der Waals surface area (Å²) in [4.78, 5) is 30.1. The second kappa shape index (κ2) is 8.08. The lowest BCUT2D eigenvalue weighted by atomic mass is 10.1. The molecule has 2 rings (SSSR count). The number of aromatic nitrogens is 1. The molecule has 5 nitrogen and oxygen atoms in total. The third-order valence-electron chi connectivity index (χ3n) is 3.52. The molecule has 1 aromatic carbocycles. The summed E-state index contributed by atoms with van der Waals surface area (Å²) in [6.45, 7) is 3.97. The fourth-order valence-electron chi connectivity index (χ4n) is 2.27. The van der Waals surface area contributed by atoms with Crippen molar-refractivity contribution in [2.75, 3.05) is 6.61 Å². The van der Waals surface area contributed by atoms with E-state index in [0.717, 1.165) is 5.56 Å². The Bertz CT molecular complexity index is 644. The molecule has 0 saturated carbocycles. The van der Waals surface area contributed by atoms with Crippen LogP contribution in [0.25, 0.3) is 0 Å². The SMILES string of the molecule is CCOC(=O)C(=O)N(Cc1ccccn1)C(C)c1ccccc1. The summed E-state index contributed by atoms with van der Waals surface area (Å²) in [6, 6.07) is 14.8. The van der Waals surface area contributed by atoms with Crippen molar-refractivity contribution in [1.82, 2.24) is 9.88 Å². The van der Waals surface area contributed by atoms with Crippen LogP contribution in [0.1, 0.15) is 31.1 Å². The molecule has 0 aliphatic heterocycles. The first-order valence-corrected chi connectivity index (χ1v) is 7.56. The van der Waals surface area contributed by atoms with Gasteiger partial charge in [0, 0.05) is 6.20 Å². The van der Waals surface area contributed by atoms with Crippen LogP contribution in [0, 0.1) is 0 Å². The molecule has 23 heavy (non-hydrogen) atoms. The molecule has 0 spiro atoms. The van der Waals surface area contributed by atoms with Gasteiger partial charge in [-0.15, -0.1) is 0 Å². The molecule has 1 aromatic heterocycles. The molecular weight excluding hydrogens is 292 g/mol. The van der Waals surface area contributed by atoms with Crippen molar-refractivity contribution in [1.29, 1.82) is 0 Å². The molecule has 0 bridgehead atoms. The number of amides is 1. The van der Waals surface area contributed by atoms with Crippen LogP contribution in [0.15, 0.2) is 54.7 Å². The molecule has 5 heteroatoms. The average Bonchev–Trinajstić information content (AvgIpc) is 2.60. The fraction of sp³-hybridized carbons (Fsp3) is 0.278. The number of ether oxygens (including phenoxy) is 1. The summed E-state index contributed by atoms with van der Waals surface area (Å²) in [5.74, 6) is -1.50. The minimum absolute atomic E-state index is 0.168. The van der Waals surface area contributed by atoms with Crippen molar-refractivity contribution in [3.8, 4) is 0 Å². The Hall–Kier alpha value is -2.69. The Balaban J connectivity index is 2.27. The van der Waals surface area contributed by atoms with E-state index < -0.39 is 11.9 Å². The van der Waals surface area contributed by atoms with Gasteiger partial charge >= 0.3 is 11.9 Å². The Kier molecular flexibility index (Phi) is 5.86. The Morgan fingerprint density at radius 3 is 2.43 bits per heavy atom. The average molecular weight is 312 g/mol. The first-order valence-electron chi connectivity index (χ1n) is 7.56. The van der Waals surface area contributed by atoms with Crippen LogP contribution in [-0.2, 0) is 20.9 Å². The van der Waals surface area contributed by atoms with Crippen LogP contribution >= 0.6 is 0 Å². The number of benzene rings is 1. The quantitative estimate of drug-likeness (QED) is 0.629. The van der Waals surface area contributed by atoms with Crippen molar-refractivity contribution >= 4 is 11.9 Å². The van der Waals surface area contributed by atoms with Gasteiger partial charge in [0.1, 0.15) is 0 Å². The molecular formula is C18H20N2O3. The summed E-state index contributed by atoms with van der Waals surface area (Å²) in [5.41, 5.74) is 1.66. The van der Waals surface area contributed by atoms with E-state index in [4.69, 9.17) is 4.74 Å². The molecule has 1 atom stereocenters. The number of carbonyl (C=O) groups excluding carboxylic acids is 2. The van der Waals surface area contributed by atoms with Gasteiger partial charge in [-0.05, 0) is 31.5 Å². The predicted molar refractivity (Wildman–Crippen MR) is 86.3 cm³/mol. The number of hydrogen-bond acceptors (Lipinski definition) is 4. The molecule has 1 amide bonds. The Morgan fingerprint density at radius 1 is 1.13 bits per heavy atom. The van der Waals surface area contributed by atoms with E-state index in [9.17, 15) is 9.59 Å². The van der Waals surface area contributed by atoms with E-state index in [1.807, 2.05) is 55.5 Å². The number of carbonyl (C=O) groups is 2. The Labute approximate surface area is 135 Å². The second-order valence-electron chi connectivity index (χ2n) is 5.06. The molecule has 0 radical (unpaired) electrons. The zero-order valence-corrected chi connectivity index (χ0v) is 13.3. The van der Waals surface area contributed by atoms with Crippen LogP contribution in [0.3, 0.4) is 0 Å². The van der Waals surface area contributed by atoms with Crippen LogP contribution in [0.2, 0.25) is 0 Å². The normalized spacial score (nSPS) is 11.6. The number of rotatable bonds is 5. The molecule has 0 fully saturated rings. The highest BCUT2D eigenvalue weighted by Gasteiger charge is 2.28. The summed E-state index contributed by atoms with van der Waals surface area (Å²) in [6.07, 6.45) is 1.66. The maximum Gasteiger partial charge on any atom is 0.397 e. The molecule has 0 N–H and O–H groups in total. The lowest BCUT2D eigenvalue weighted by Crippen LogP contribution is -2.39. The summed E-state index contributed by atoms with van der Waals surface area (Å²) in [5, 5.41) is 0. The number of esters is 1. The van der Waals surface area contributed by atoms with Gasteiger partial charge in [-0.3, -0.25) is 9.78 Å². The van der Waals surface area contributed by atoms with Crippen LogP contribution in [0.4, 0.5) is 0 Å². The van der Waals surface area contributed by atoms with E-state index >= 15 is 0 Å². The van der Waals surface area contributed by atoms with E-state index in [1.165, 1.54) is 4.90 Å². The lowest BCUT2D eigenvalue weighted by molar-refractivity contribution is -0.161. The van der Waals surface area contributed by atoms with Crippen molar-refractivity contribution in [3.63, 3.8) is 0 Å². The molecule has 1 unspecified atom stereocenters. The molecule has 120 valence electrons. The molecule has 2 aromatic rings. The highest BCUT2D eigenvalue weighted by molar-refractivity contribution is 6.32. The maximum atomic E-state index is 12.5. The van der Waals surface area contributed by atoms with Gasteiger partial charge in [0.05, 0.1) is 24.9 Å². The third kappa shape index (κ3) is 4.39. The number of hydrogen-bond donors (Lipinski definition) is 0. The monoisotopic (exact) mass is 312 g/mol. The van der Waals surface area contributed by atoms with Gasteiger partial charge in [-0.25, -0.2) is 4.79 Å². The minimum Gasteiger partial charge on any atom is -0.459 e. The predicted octanol–water partition coefficient (Wildman–Crippen LogP) is 2.73. The van der Waals surface area contributed by atoms with Gasteiger partial charge in [0.25, 0.3) is 0 Å². The number of pyridine rings is 1. The Morgan fingerprint density at radius 2 is 1.83 bits per heavy atom.